The first-order chi connectivity index (χ1) is 6.13. The number of carbonyl (C=O) groups is 1. The van der Waals surface area contributed by atoms with Gasteiger partial charge in [0.05, 0.1) is 0 Å². The molecule has 1 unspecified atom stereocenters. The van der Waals surface area contributed by atoms with Crippen molar-refractivity contribution in [3.63, 3.8) is 0 Å². The van der Waals surface area contributed by atoms with Crippen LogP contribution in [0, 0.1) is 0 Å². The van der Waals surface area contributed by atoms with Gasteiger partial charge in [-0.3, -0.25) is 4.79 Å². The Kier molecular flexibility index (Phi) is 6.28. The molecule has 0 aromatic carbocycles. The highest BCUT2D eigenvalue weighted by molar-refractivity contribution is 5.32. The zero-order chi connectivity index (χ0) is 12.0. The Hall–Kier alpha value is -0.990. The summed E-state index contributed by atoms with van der Waals surface area (Å²) in [7, 11) is 0. The largest absolute Gasteiger partial charge is 0.483 e. The first-order valence-electron chi connectivity index (χ1n) is 2.90. The van der Waals surface area contributed by atoms with Gasteiger partial charge in [-0.2, -0.15) is 13.2 Å². The average Bonchev–Trinajstić information content (AvgIpc) is 2.03. The van der Waals surface area contributed by atoms with Gasteiger partial charge in [0.2, 0.25) is 0 Å². The summed E-state index contributed by atoms with van der Waals surface area (Å²) in [5.74, 6) is -4.75. The molecule has 0 aliphatic heterocycles. The molecule has 0 aliphatic rings. The van der Waals surface area contributed by atoms with Crippen molar-refractivity contribution in [3.8, 4) is 0 Å². The van der Waals surface area contributed by atoms with Gasteiger partial charge in [-0.15, -0.1) is 0 Å². The molecule has 9 heteroatoms. The molecule has 0 saturated carbocycles. The van der Waals surface area contributed by atoms with E-state index in [4.69, 9.17) is 15.0 Å². The molecule has 0 fully saturated rings. The Labute approximate surface area is 73.9 Å². The lowest BCUT2D eigenvalue weighted by atomic mass is 10.2. The van der Waals surface area contributed by atoms with Crippen LogP contribution >= 0.6 is 0 Å². The van der Waals surface area contributed by atoms with Crippen LogP contribution in [0.15, 0.2) is 0 Å². The van der Waals surface area contributed by atoms with E-state index in [-0.39, 0.29) is 6.47 Å². The quantitative estimate of drug-likeness (QED) is 0.551. The van der Waals surface area contributed by atoms with Gasteiger partial charge in [-0.05, 0) is 0 Å². The third-order valence-electron chi connectivity index (χ3n) is 0.869. The van der Waals surface area contributed by atoms with Gasteiger partial charge in [0.25, 0.3) is 12.6 Å². The predicted molar refractivity (Wildman–Crippen MR) is 31.7 cm³/mol. The van der Waals surface area contributed by atoms with Crippen LogP contribution < -0.4 is 0 Å². The highest BCUT2D eigenvalue weighted by Gasteiger charge is 2.56. The first kappa shape index (κ1) is 15.5. The molecule has 0 aromatic heterocycles. The number of aliphatic hydroxyl groups is 1. The molecular weight excluding hydrogens is 222 g/mol. The summed E-state index contributed by atoms with van der Waals surface area (Å²) >= 11 is 0. The summed E-state index contributed by atoms with van der Waals surface area (Å²) in [6.07, 6.45) is -9.94. The van der Waals surface area contributed by atoms with E-state index < -0.39 is 24.9 Å². The number of hydrogen-bond donors (Lipinski definition) is 2. The fourth-order valence-corrected chi connectivity index (χ4v) is 0.320. The monoisotopic (exact) mass is 228 g/mol. The van der Waals surface area contributed by atoms with E-state index in [1.807, 2.05) is 0 Å². The summed E-state index contributed by atoms with van der Waals surface area (Å²) in [6.45, 7) is -2.41. The number of rotatable bonds is 2. The summed E-state index contributed by atoms with van der Waals surface area (Å²) < 4.78 is 68.5. The maximum absolute atomic E-state index is 11.7. The number of halogens is 6. The van der Waals surface area contributed by atoms with E-state index in [1.54, 1.807) is 0 Å². The molecule has 0 spiro atoms. The maximum atomic E-state index is 11.7. The highest BCUT2D eigenvalue weighted by atomic mass is 19.4. The molecule has 86 valence electrons. The Morgan fingerprint density at radius 1 is 1.21 bits per heavy atom. The molecule has 0 bridgehead atoms. The molecule has 0 saturated heterocycles. The van der Waals surface area contributed by atoms with Crippen molar-refractivity contribution in [2.75, 3.05) is 6.61 Å². The smallest absolute Gasteiger partial charge is 0.425 e. The molecule has 1 atom stereocenters. The molecule has 0 aromatic rings. The predicted octanol–water partition coefficient (Wildman–Crippen LogP) is 1.22. The second kappa shape index (κ2) is 5.68. The average molecular weight is 228 g/mol. The fraction of sp³-hybridized carbons (Fsp3) is 0.800. The summed E-state index contributed by atoms with van der Waals surface area (Å²) in [6, 6.07) is 0. The molecule has 0 radical (unpaired) electrons. The molecule has 2 N–H and O–H groups in total. The lowest BCUT2D eigenvalue weighted by molar-refractivity contribution is -0.251. The summed E-state index contributed by atoms with van der Waals surface area (Å²) in [4.78, 5) is 8.36. The van der Waals surface area contributed by atoms with Crippen molar-refractivity contribution in [2.45, 2.75) is 18.3 Å². The van der Waals surface area contributed by atoms with Crippen LogP contribution in [-0.2, 0) is 4.79 Å². The number of aliphatic hydroxyl groups excluding tert-OH is 1. The fourth-order valence-electron chi connectivity index (χ4n) is 0.320. The zero-order valence-corrected chi connectivity index (χ0v) is 6.43. The van der Waals surface area contributed by atoms with Crippen molar-refractivity contribution in [3.05, 3.63) is 0 Å². The normalized spacial score (nSPS) is 13.9. The van der Waals surface area contributed by atoms with Gasteiger partial charge >= 0.3 is 12.1 Å². The van der Waals surface area contributed by atoms with Gasteiger partial charge in [0, 0.05) is 0 Å². The Bertz CT molecular complexity index is 167. The number of carboxylic acid groups (broad SMARTS) is 1. The minimum Gasteiger partial charge on any atom is -0.483 e. The minimum atomic E-state index is -5.63. The van der Waals surface area contributed by atoms with Gasteiger partial charge in [0.15, 0.2) is 0 Å². The summed E-state index contributed by atoms with van der Waals surface area (Å²) in [5, 5.41) is 14.5. The van der Waals surface area contributed by atoms with E-state index >= 15 is 0 Å². The van der Waals surface area contributed by atoms with E-state index in [0.29, 0.717) is 0 Å². The SMILES string of the molecule is O=CO.OCC(F)(F)C(F)C(F)(F)F. The van der Waals surface area contributed by atoms with E-state index in [2.05, 4.69) is 0 Å². The lowest BCUT2D eigenvalue weighted by Gasteiger charge is -2.19. The molecule has 14 heavy (non-hydrogen) atoms. The van der Waals surface area contributed by atoms with Crippen LogP contribution in [0.1, 0.15) is 0 Å². The van der Waals surface area contributed by atoms with Crippen molar-refractivity contribution in [1.82, 2.24) is 0 Å². The molecular formula is C5H6F6O3. The second-order valence-electron chi connectivity index (χ2n) is 1.93. The number of alkyl halides is 6. The molecule has 3 nitrogen and oxygen atoms in total. The van der Waals surface area contributed by atoms with E-state index in [0.717, 1.165) is 0 Å². The first-order valence-corrected chi connectivity index (χ1v) is 2.90. The maximum Gasteiger partial charge on any atom is 0.425 e. The molecule has 0 amide bonds. The van der Waals surface area contributed by atoms with E-state index in [9.17, 15) is 26.3 Å². The van der Waals surface area contributed by atoms with Crippen LogP contribution in [0.2, 0.25) is 0 Å². The van der Waals surface area contributed by atoms with Gasteiger partial charge in [-0.1, -0.05) is 0 Å². The standard InChI is InChI=1S/C4H4F6O.CH2O2/c5-2(4(8,9)10)3(6,7)1-11;2-1-3/h2,11H,1H2;1H,(H,2,3). The van der Waals surface area contributed by atoms with Crippen LogP contribution in [-0.4, -0.2) is 41.6 Å². The minimum absolute atomic E-state index is 0.250. The summed E-state index contributed by atoms with van der Waals surface area (Å²) in [5.41, 5.74) is 0. The van der Waals surface area contributed by atoms with Crippen molar-refractivity contribution >= 4 is 6.47 Å². The zero-order valence-electron chi connectivity index (χ0n) is 6.43. The second-order valence-corrected chi connectivity index (χ2v) is 1.93. The Morgan fingerprint density at radius 3 is 1.57 bits per heavy atom. The number of hydrogen-bond acceptors (Lipinski definition) is 2. The molecule has 0 heterocycles. The van der Waals surface area contributed by atoms with E-state index in [1.165, 1.54) is 0 Å². The van der Waals surface area contributed by atoms with Gasteiger partial charge in [-0.25, -0.2) is 13.2 Å². The van der Waals surface area contributed by atoms with Crippen LogP contribution in [0.25, 0.3) is 0 Å². The molecule has 0 rings (SSSR count). The van der Waals surface area contributed by atoms with Gasteiger partial charge < -0.3 is 10.2 Å². The van der Waals surface area contributed by atoms with Crippen molar-refractivity contribution < 1.29 is 41.4 Å². The topological polar surface area (TPSA) is 57.5 Å². The van der Waals surface area contributed by atoms with Crippen LogP contribution in [0.4, 0.5) is 26.3 Å². The molecule has 0 aliphatic carbocycles. The van der Waals surface area contributed by atoms with Crippen LogP contribution in [0.3, 0.4) is 0 Å². The highest BCUT2D eigenvalue weighted by Crippen LogP contribution is 2.34. The Morgan fingerprint density at radius 2 is 1.50 bits per heavy atom. The van der Waals surface area contributed by atoms with Crippen LogP contribution in [0.5, 0.6) is 0 Å². The lowest BCUT2D eigenvalue weighted by Crippen LogP contribution is -2.44. The Balaban J connectivity index is 0. The van der Waals surface area contributed by atoms with Crippen molar-refractivity contribution in [2.24, 2.45) is 0 Å². The third-order valence-corrected chi connectivity index (χ3v) is 0.869. The van der Waals surface area contributed by atoms with Crippen molar-refractivity contribution in [1.29, 1.82) is 0 Å². The third kappa shape index (κ3) is 5.62. The van der Waals surface area contributed by atoms with Gasteiger partial charge in [0.1, 0.15) is 6.61 Å².